The maximum absolute atomic E-state index is 13.1. The Morgan fingerprint density at radius 3 is 2.72 bits per heavy atom. The van der Waals surface area contributed by atoms with Crippen LogP contribution in [0.1, 0.15) is 5.56 Å². The Balaban J connectivity index is 1.56. The van der Waals surface area contributed by atoms with Crippen LogP contribution in [0.15, 0.2) is 66.7 Å². The summed E-state index contributed by atoms with van der Waals surface area (Å²) in [6.45, 7) is 0.267. The van der Waals surface area contributed by atoms with Gasteiger partial charge in [0.05, 0.1) is 16.1 Å². The zero-order chi connectivity index (χ0) is 17.2. The molecule has 4 aromatic rings. The summed E-state index contributed by atoms with van der Waals surface area (Å²) in [5.41, 5.74) is 3.57. The number of rotatable bonds is 4. The van der Waals surface area contributed by atoms with Crippen molar-refractivity contribution < 1.29 is 9.13 Å². The number of ether oxygens (including phenoxy) is 1. The Kier molecular flexibility index (Phi) is 4.12. The topological polar surface area (TPSA) is 37.9 Å². The highest BCUT2D eigenvalue weighted by atomic mass is 35.5. The van der Waals surface area contributed by atoms with E-state index in [4.69, 9.17) is 16.3 Å². The van der Waals surface area contributed by atoms with E-state index in [2.05, 4.69) is 9.97 Å². The standard InChI is InChI=1S/C20H14ClFN2O/c21-17-11-15(22)9-8-14(17)12-25-16-5-3-4-13(10-16)20-23-18-6-1-2-7-19(18)24-20/h1-11H,12H2,(H,23,24). The van der Waals surface area contributed by atoms with Gasteiger partial charge in [0.1, 0.15) is 24.0 Å². The lowest BCUT2D eigenvalue weighted by molar-refractivity contribution is 0.306. The lowest BCUT2D eigenvalue weighted by Gasteiger charge is -2.09. The molecule has 124 valence electrons. The van der Waals surface area contributed by atoms with Crippen LogP contribution in [0.2, 0.25) is 5.02 Å². The molecule has 1 aromatic heterocycles. The zero-order valence-corrected chi connectivity index (χ0v) is 13.9. The minimum Gasteiger partial charge on any atom is -0.489 e. The predicted molar refractivity (Wildman–Crippen MR) is 97.3 cm³/mol. The minimum absolute atomic E-state index is 0.267. The molecule has 0 spiro atoms. The van der Waals surface area contributed by atoms with Crippen LogP contribution in [-0.4, -0.2) is 9.97 Å². The van der Waals surface area contributed by atoms with Gasteiger partial charge in [-0.05, 0) is 36.4 Å². The Morgan fingerprint density at radius 2 is 1.88 bits per heavy atom. The molecule has 0 aliphatic heterocycles. The monoisotopic (exact) mass is 352 g/mol. The molecule has 0 atom stereocenters. The van der Waals surface area contributed by atoms with Gasteiger partial charge in [0.15, 0.2) is 0 Å². The molecule has 3 nitrogen and oxygen atoms in total. The van der Waals surface area contributed by atoms with Crippen LogP contribution in [0.5, 0.6) is 5.75 Å². The van der Waals surface area contributed by atoms with Crippen LogP contribution < -0.4 is 4.74 Å². The van der Waals surface area contributed by atoms with Crippen molar-refractivity contribution in [2.45, 2.75) is 6.61 Å². The van der Waals surface area contributed by atoms with Crippen molar-refractivity contribution in [1.82, 2.24) is 9.97 Å². The molecule has 4 rings (SSSR count). The molecule has 0 bridgehead atoms. The molecule has 0 aliphatic carbocycles. The van der Waals surface area contributed by atoms with Crippen molar-refractivity contribution in [3.8, 4) is 17.1 Å². The number of fused-ring (bicyclic) bond motifs is 1. The number of imidazole rings is 1. The number of hydrogen-bond acceptors (Lipinski definition) is 2. The molecule has 0 radical (unpaired) electrons. The second kappa shape index (κ2) is 6.57. The number of benzene rings is 3. The van der Waals surface area contributed by atoms with Crippen molar-refractivity contribution in [1.29, 1.82) is 0 Å². The van der Waals surface area contributed by atoms with Crippen LogP contribution in [0.4, 0.5) is 4.39 Å². The largest absolute Gasteiger partial charge is 0.489 e. The first kappa shape index (κ1) is 15.7. The minimum atomic E-state index is -0.361. The molecule has 0 saturated carbocycles. The second-order valence-corrected chi connectivity index (χ2v) is 6.06. The van der Waals surface area contributed by atoms with E-state index >= 15 is 0 Å². The summed E-state index contributed by atoms with van der Waals surface area (Å²) in [4.78, 5) is 7.89. The van der Waals surface area contributed by atoms with Gasteiger partial charge in [0, 0.05) is 11.1 Å². The van der Waals surface area contributed by atoms with Crippen LogP contribution in [0.25, 0.3) is 22.4 Å². The Morgan fingerprint density at radius 1 is 1.00 bits per heavy atom. The maximum Gasteiger partial charge on any atom is 0.138 e. The zero-order valence-electron chi connectivity index (χ0n) is 13.2. The SMILES string of the molecule is Fc1ccc(COc2cccc(-c3nc4ccccc4[nH]3)c2)c(Cl)c1. The summed E-state index contributed by atoms with van der Waals surface area (Å²) in [6.07, 6.45) is 0. The van der Waals surface area contributed by atoms with E-state index < -0.39 is 0 Å². The summed E-state index contributed by atoms with van der Waals surface area (Å²) in [6, 6.07) is 19.8. The van der Waals surface area contributed by atoms with Gasteiger partial charge in [0.2, 0.25) is 0 Å². The van der Waals surface area contributed by atoms with E-state index in [-0.39, 0.29) is 12.4 Å². The Labute approximate surface area is 149 Å². The van der Waals surface area contributed by atoms with Gasteiger partial charge >= 0.3 is 0 Å². The van der Waals surface area contributed by atoms with Gasteiger partial charge in [-0.15, -0.1) is 0 Å². The van der Waals surface area contributed by atoms with Gasteiger partial charge in [-0.25, -0.2) is 9.37 Å². The van der Waals surface area contributed by atoms with E-state index in [0.717, 1.165) is 28.0 Å². The van der Waals surface area contributed by atoms with Crippen molar-refractivity contribution in [3.05, 3.63) is 83.1 Å². The van der Waals surface area contributed by atoms with E-state index in [9.17, 15) is 4.39 Å². The van der Waals surface area contributed by atoms with E-state index in [1.165, 1.54) is 12.1 Å². The number of nitrogens with one attached hydrogen (secondary N) is 1. The summed E-state index contributed by atoms with van der Waals surface area (Å²) >= 11 is 6.03. The number of para-hydroxylation sites is 2. The first-order chi connectivity index (χ1) is 12.2. The van der Waals surface area contributed by atoms with Crippen LogP contribution in [0, 0.1) is 5.82 Å². The Hall–Kier alpha value is -2.85. The number of H-pyrrole nitrogens is 1. The smallest absolute Gasteiger partial charge is 0.138 e. The molecule has 0 fully saturated rings. The second-order valence-electron chi connectivity index (χ2n) is 5.65. The summed E-state index contributed by atoms with van der Waals surface area (Å²) in [5, 5.41) is 0.355. The average molecular weight is 353 g/mol. The molecule has 0 amide bonds. The van der Waals surface area contributed by atoms with Crippen molar-refractivity contribution in [2.24, 2.45) is 0 Å². The Bertz CT molecular complexity index is 1010. The maximum atomic E-state index is 13.1. The van der Waals surface area contributed by atoms with Crippen molar-refractivity contribution in [3.63, 3.8) is 0 Å². The molecule has 1 heterocycles. The third kappa shape index (κ3) is 3.35. The molecular weight excluding hydrogens is 339 g/mol. The number of hydrogen-bond donors (Lipinski definition) is 1. The molecule has 0 aliphatic rings. The summed E-state index contributed by atoms with van der Waals surface area (Å²) < 4.78 is 18.9. The molecule has 25 heavy (non-hydrogen) atoms. The van der Waals surface area contributed by atoms with Crippen LogP contribution in [0.3, 0.4) is 0 Å². The van der Waals surface area contributed by atoms with Gasteiger partial charge in [-0.2, -0.15) is 0 Å². The first-order valence-electron chi connectivity index (χ1n) is 7.81. The van der Waals surface area contributed by atoms with E-state index in [1.807, 2.05) is 48.5 Å². The molecule has 0 unspecified atom stereocenters. The quantitative estimate of drug-likeness (QED) is 0.519. The highest BCUT2D eigenvalue weighted by molar-refractivity contribution is 6.31. The summed E-state index contributed by atoms with van der Waals surface area (Å²) in [7, 11) is 0. The summed E-state index contributed by atoms with van der Waals surface area (Å²) in [5.74, 6) is 1.12. The lowest BCUT2D eigenvalue weighted by Crippen LogP contribution is -1.97. The molecular formula is C20H14ClFN2O. The third-order valence-electron chi connectivity index (χ3n) is 3.91. The first-order valence-corrected chi connectivity index (χ1v) is 8.19. The predicted octanol–water partition coefficient (Wildman–Crippen LogP) is 5.60. The van der Waals surface area contributed by atoms with Gasteiger partial charge in [-0.3, -0.25) is 0 Å². The number of aromatic amines is 1. The highest BCUT2D eigenvalue weighted by Crippen LogP contribution is 2.25. The highest BCUT2D eigenvalue weighted by Gasteiger charge is 2.07. The fourth-order valence-corrected chi connectivity index (χ4v) is 2.84. The molecule has 5 heteroatoms. The number of aromatic nitrogens is 2. The van der Waals surface area contributed by atoms with Crippen molar-refractivity contribution in [2.75, 3.05) is 0 Å². The number of nitrogens with zero attached hydrogens (tertiary/aromatic N) is 1. The van der Waals surface area contributed by atoms with Gasteiger partial charge in [-0.1, -0.05) is 41.9 Å². The third-order valence-corrected chi connectivity index (χ3v) is 4.26. The molecule has 3 aromatic carbocycles. The van der Waals surface area contributed by atoms with E-state index in [1.54, 1.807) is 6.07 Å². The molecule has 1 N–H and O–H groups in total. The van der Waals surface area contributed by atoms with Gasteiger partial charge in [0.25, 0.3) is 0 Å². The fraction of sp³-hybridized carbons (Fsp3) is 0.0500. The van der Waals surface area contributed by atoms with Gasteiger partial charge < -0.3 is 9.72 Å². The van der Waals surface area contributed by atoms with Crippen molar-refractivity contribution >= 4 is 22.6 Å². The lowest BCUT2D eigenvalue weighted by atomic mass is 10.2. The van der Waals surface area contributed by atoms with Crippen LogP contribution >= 0.6 is 11.6 Å². The molecule has 0 saturated heterocycles. The normalized spacial score (nSPS) is 11.0. The van der Waals surface area contributed by atoms with Crippen LogP contribution in [-0.2, 0) is 6.61 Å². The average Bonchev–Trinajstić information content (AvgIpc) is 3.05. The number of halogens is 2. The van der Waals surface area contributed by atoms with E-state index in [0.29, 0.717) is 10.8 Å². The fourth-order valence-electron chi connectivity index (χ4n) is 2.62.